The molecule has 3 amide bonds. The number of nitrogens with zero attached hydrogens (tertiary/aromatic N) is 1. The topological polar surface area (TPSA) is 87.7 Å². The summed E-state index contributed by atoms with van der Waals surface area (Å²) in [6.45, 7) is 4.58. The average molecular weight is 550 g/mol. The standard InChI is InChI=1S/C28H28BrN3O4/c1-18-5-3-4-6-20(18)15-30-28(35)21-14-27(34)32(16-21)23-8-10-24(11-9-23)36-17-26(33)31-22-7-12-25(29)19(2)13-22/h3-13,21H,14-17H2,1-2H3,(H,30,35)(H,31,33)/t21-/m0/s1. The number of halogens is 1. The molecule has 3 aromatic rings. The fraction of sp³-hybridized carbons (Fsp3) is 0.250. The van der Waals surface area contributed by atoms with Crippen molar-refractivity contribution in [1.82, 2.24) is 5.32 Å². The lowest BCUT2D eigenvalue weighted by Crippen LogP contribution is -2.32. The van der Waals surface area contributed by atoms with Crippen molar-refractivity contribution < 1.29 is 19.1 Å². The van der Waals surface area contributed by atoms with Gasteiger partial charge >= 0.3 is 0 Å². The van der Waals surface area contributed by atoms with Crippen molar-refractivity contribution in [2.45, 2.75) is 26.8 Å². The highest BCUT2D eigenvalue weighted by molar-refractivity contribution is 9.10. The van der Waals surface area contributed by atoms with E-state index in [9.17, 15) is 14.4 Å². The third kappa shape index (κ3) is 6.31. The number of carbonyl (C=O) groups excluding carboxylic acids is 3. The van der Waals surface area contributed by atoms with Crippen LogP contribution in [0.2, 0.25) is 0 Å². The van der Waals surface area contributed by atoms with Crippen LogP contribution >= 0.6 is 15.9 Å². The largest absolute Gasteiger partial charge is 0.484 e. The lowest BCUT2D eigenvalue weighted by molar-refractivity contribution is -0.126. The molecule has 1 aliphatic heterocycles. The first-order chi connectivity index (χ1) is 17.3. The summed E-state index contributed by atoms with van der Waals surface area (Å²) in [6, 6.07) is 20.4. The van der Waals surface area contributed by atoms with Gasteiger partial charge in [-0.25, -0.2) is 0 Å². The van der Waals surface area contributed by atoms with Crippen LogP contribution in [0.1, 0.15) is 23.1 Å². The molecule has 186 valence electrons. The minimum absolute atomic E-state index is 0.0936. The molecule has 7 nitrogen and oxygen atoms in total. The van der Waals surface area contributed by atoms with Crippen molar-refractivity contribution in [2.24, 2.45) is 5.92 Å². The molecule has 0 unspecified atom stereocenters. The van der Waals surface area contributed by atoms with Crippen molar-refractivity contribution in [2.75, 3.05) is 23.4 Å². The molecule has 0 aliphatic carbocycles. The SMILES string of the molecule is Cc1cc(NC(=O)COc2ccc(N3C[C@@H](C(=O)NCc4ccccc4C)CC3=O)cc2)ccc1Br. The zero-order chi connectivity index (χ0) is 25.7. The highest BCUT2D eigenvalue weighted by atomic mass is 79.9. The van der Waals surface area contributed by atoms with Gasteiger partial charge in [0.05, 0.1) is 5.92 Å². The van der Waals surface area contributed by atoms with Gasteiger partial charge in [0.2, 0.25) is 11.8 Å². The average Bonchev–Trinajstić information content (AvgIpc) is 3.26. The first-order valence-corrected chi connectivity index (χ1v) is 12.5. The number of carbonyl (C=O) groups is 3. The van der Waals surface area contributed by atoms with E-state index in [-0.39, 0.29) is 30.7 Å². The molecule has 3 aromatic carbocycles. The Bertz CT molecular complexity index is 1280. The van der Waals surface area contributed by atoms with Crippen LogP contribution in [0.25, 0.3) is 0 Å². The summed E-state index contributed by atoms with van der Waals surface area (Å²) in [4.78, 5) is 39.1. The van der Waals surface area contributed by atoms with Gasteiger partial charge in [0.25, 0.3) is 5.91 Å². The van der Waals surface area contributed by atoms with Crippen LogP contribution < -0.4 is 20.3 Å². The number of nitrogens with one attached hydrogen (secondary N) is 2. The van der Waals surface area contributed by atoms with E-state index in [0.29, 0.717) is 30.2 Å². The molecule has 0 bridgehead atoms. The Morgan fingerprint density at radius 3 is 2.50 bits per heavy atom. The molecule has 4 rings (SSSR count). The van der Waals surface area contributed by atoms with E-state index in [4.69, 9.17) is 4.74 Å². The smallest absolute Gasteiger partial charge is 0.262 e. The summed E-state index contributed by atoms with van der Waals surface area (Å²) in [5.41, 5.74) is 4.58. The fourth-order valence-corrected chi connectivity index (χ4v) is 4.31. The molecule has 0 aromatic heterocycles. The summed E-state index contributed by atoms with van der Waals surface area (Å²) in [5.74, 6) is -0.372. The van der Waals surface area contributed by atoms with Crippen molar-refractivity contribution >= 4 is 45.0 Å². The number of amides is 3. The maximum atomic E-state index is 12.7. The second-order valence-electron chi connectivity index (χ2n) is 8.84. The van der Waals surface area contributed by atoms with Crippen LogP contribution in [-0.2, 0) is 20.9 Å². The van der Waals surface area contributed by atoms with Gasteiger partial charge in [0, 0.05) is 35.4 Å². The van der Waals surface area contributed by atoms with E-state index in [1.165, 1.54) is 0 Å². The van der Waals surface area contributed by atoms with E-state index < -0.39 is 5.92 Å². The number of rotatable bonds is 8. The minimum Gasteiger partial charge on any atom is -0.484 e. The monoisotopic (exact) mass is 549 g/mol. The first kappa shape index (κ1) is 25.4. The summed E-state index contributed by atoms with van der Waals surface area (Å²) in [7, 11) is 0. The predicted molar refractivity (Wildman–Crippen MR) is 143 cm³/mol. The number of hydrogen-bond donors (Lipinski definition) is 2. The van der Waals surface area contributed by atoms with Crippen LogP contribution in [0.5, 0.6) is 5.75 Å². The van der Waals surface area contributed by atoms with Crippen LogP contribution in [0.3, 0.4) is 0 Å². The molecular weight excluding hydrogens is 522 g/mol. The molecule has 1 aliphatic rings. The lowest BCUT2D eigenvalue weighted by atomic mass is 10.1. The number of hydrogen-bond acceptors (Lipinski definition) is 4. The first-order valence-electron chi connectivity index (χ1n) is 11.7. The van der Waals surface area contributed by atoms with E-state index in [0.717, 1.165) is 21.2 Å². The van der Waals surface area contributed by atoms with Gasteiger partial charge in [0.15, 0.2) is 6.61 Å². The maximum absolute atomic E-state index is 12.7. The van der Waals surface area contributed by atoms with Gasteiger partial charge in [-0.05, 0) is 73.0 Å². The molecule has 36 heavy (non-hydrogen) atoms. The summed E-state index contributed by atoms with van der Waals surface area (Å²) >= 11 is 3.44. The Hall–Kier alpha value is -3.65. The number of aryl methyl sites for hydroxylation is 2. The molecular formula is C28H28BrN3O4. The summed E-state index contributed by atoms with van der Waals surface area (Å²) < 4.78 is 6.57. The Labute approximate surface area is 219 Å². The van der Waals surface area contributed by atoms with Crippen molar-refractivity contribution in [3.8, 4) is 5.75 Å². The van der Waals surface area contributed by atoms with Crippen LogP contribution in [0.4, 0.5) is 11.4 Å². The molecule has 1 fully saturated rings. The number of benzene rings is 3. The van der Waals surface area contributed by atoms with Crippen molar-refractivity contribution in [3.05, 3.63) is 87.9 Å². The Morgan fingerprint density at radius 1 is 1.03 bits per heavy atom. The van der Waals surface area contributed by atoms with Gasteiger partial charge in [-0.15, -0.1) is 0 Å². The van der Waals surface area contributed by atoms with Crippen LogP contribution in [0.15, 0.2) is 71.2 Å². The third-order valence-electron chi connectivity index (χ3n) is 6.17. The zero-order valence-electron chi connectivity index (χ0n) is 20.2. The summed E-state index contributed by atoms with van der Waals surface area (Å²) in [6.07, 6.45) is 0.174. The number of ether oxygens (including phenoxy) is 1. The third-order valence-corrected chi connectivity index (χ3v) is 7.06. The lowest BCUT2D eigenvalue weighted by Gasteiger charge is -2.17. The van der Waals surface area contributed by atoms with Crippen molar-refractivity contribution in [1.29, 1.82) is 0 Å². The second kappa shape index (κ2) is 11.4. The highest BCUT2D eigenvalue weighted by Gasteiger charge is 2.35. The van der Waals surface area contributed by atoms with Gasteiger partial charge in [-0.1, -0.05) is 40.2 Å². The molecule has 0 radical (unpaired) electrons. The molecule has 1 saturated heterocycles. The number of anilines is 2. The highest BCUT2D eigenvalue weighted by Crippen LogP contribution is 2.27. The molecule has 0 saturated carbocycles. The van der Waals surface area contributed by atoms with Gasteiger partial charge in [-0.2, -0.15) is 0 Å². The van der Waals surface area contributed by atoms with Gasteiger partial charge in [0.1, 0.15) is 5.75 Å². The molecule has 1 atom stereocenters. The molecule has 1 heterocycles. The molecule has 8 heteroatoms. The van der Waals surface area contributed by atoms with E-state index >= 15 is 0 Å². The quantitative estimate of drug-likeness (QED) is 0.424. The molecule has 2 N–H and O–H groups in total. The van der Waals surface area contributed by atoms with Crippen molar-refractivity contribution in [3.63, 3.8) is 0 Å². The van der Waals surface area contributed by atoms with Crippen LogP contribution in [0, 0.1) is 19.8 Å². The summed E-state index contributed by atoms with van der Waals surface area (Å²) in [5, 5.41) is 5.76. The second-order valence-corrected chi connectivity index (χ2v) is 9.70. The van der Waals surface area contributed by atoms with Gasteiger partial charge < -0.3 is 20.3 Å². The van der Waals surface area contributed by atoms with Gasteiger partial charge in [-0.3, -0.25) is 14.4 Å². The Kier molecular flexibility index (Phi) is 8.05. The van der Waals surface area contributed by atoms with E-state index in [1.54, 1.807) is 29.2 Å². The fourth-order valence-electron chi connectivity index (χ4n) is 4.06. The predicted octanol–water partition coefficient (Wildman–Crippen LogP) is 4.75. The zero-order valence-corrected chi connectivity index (χ0v) is 21.8. The Balaban J connectivity index is 1.27. The Morgan fingerprint density at radius 2 is 1.78 bits per heavy atom. The molecule has 0 spiro atoms. The normalized spacial score (nSPS) is 15.0. The van der Waals surface area contributed by atoms with E-state index in [1.807, 2.05) is 56.3 Å². The maximum Gasteiger partial charge on any atom is 0.262 e. The van der Waals surface area contributed by atoms with Crippen LogP contribution in [-0.4, -0.2) is 30.9 Å². The van der Waals surface area contributed by atoms with E-state index in [2.05, 4.69) is 26.6 Å². The minimum atomic E-state index is -0.400.